The number of unbranched alkanes of at least 4 members (excludes halogenated alkanes) is 59. The first-order valence-electron chi connectivity index (χ1n) is 41.0. The second kappa shape index (κ2) is 69.3. The first kappa shape index (κ1) is 88.4. The zero-order valence-electron chi connectivity index (χ0n) is 61.2. The Hall–Kier alpha value is -1.60. The van der Waals surface area contributed by atoms with E-state index in [0.29, 0.717) is 19.3 Å². The number of ether oxygens (including phenoxy) is 3. The van der Waals surface area contributed by atoms with Gasteiger partial charge in [0.15, 0.2) is 12.4 Å². The Morgan fingerprint density at radius 2 is 0.707 bits per heavy atom. The quantitative estimate of drug-likeness (QED) is 0.0195. The highest BCUT2D eigenvalue weighted by Gasteiger charge is 2.47. The van der Waals surface area contributed by atoms with Gasteiger partial charge in [-0.1, -0.05) is 412 Å². The van der Waals surface area contributed by atoms with Crippen molar-refractivity contribution in [1.29, 1.82) is 0 Å². The van der Waals surface area contributed by atoms with Crippen LogP contribution in [0.3, 0.4) is 0 Å². The molecule has 0 spiro atoms. The SMILES string of the molecule is CCCCCCCCCCCC/C=C/C(O)C(COC1OC(CO)C(O)C(O)C1OC(=O)CCCCCCCCCCCCCCCCCCCCCCCCCCCCC)NC(=O)C(O)CCCCCCCCCCCCCCCCCCCCCCCCCC. The monoisotopic (exact) mass is 1300 g/mol. The molecule has 1 amide bonds. The summed E-state index contributed by atoms with van der Waals surface area (Å²) in [5.41, 5.74) is 0. The van der Waals surface area contributed by atoms with E-state index in [1.807, 2.05) is 6.08 Å². The van der Waals surface area contributed by atoms with Crippen molar-refractivity contribution in [3.8, 4) is 0 Å². The van der Waals surface area contributed by atoms with Crippen molar-refractivity contribution < 1.29 is 49.3 Å². The van der Waals surface area contributed by atoms with Gasteiger partial charge in [-0.25, -0.2) is 0 Å². The minimum absolute atomic E-state index is 0.133. The average molecular weight is 1310 g/mol. The normalized spacial score (nSPS) is 17.8. The van der Waals surface area contributed by atoms with Crippen LogP contribution in [-0.2, 0) is 23.8 Å². The van der Waals surface area contributed by atoms with E-state index in [9.17, 15) is 35.1 Å². The first-order chi connectivity index (χ1) is 45.2. The number of carbonyl (C=O) groups excluding carboxylic acids is 2. The number of amides is 1. The van der Waals surface area contributed by atoms with E-state index >= 15 is 0 Å². The van der Waals surface area contributed by atoms with Crippen LogP contribution in [0.15, 0.2) is 12.2 Å². The fraction of sp³-hybridized carbons (Fsp3) is 0.951. The minimum Gasteiger partial charge on any atom is -0.454 e. The summed E-state index contributed by atoms with van der Waals surface area (Å²) in [6.45, 7) is 5.89. The number of aliphatic hydroxyl groups is 5. The van der Waals surface area contributed by atoms with E-state index in [4.69, 9.17) is 14.2 Å². The van der Waals surface area contributed by atoms with Crippen molar-refractivity contribution in [2.75, 3.05) is 13.2 Å². The molecule has 11 heteroatoms. The van der Waals surface area contributed by atoms with E-state index < -0.39 is 67.4 Å². The largest absolute Gasteiger partial charge is 0.454 e. The lowest BCUT2D eigenvalue weighted by Gasteiger charge is -2.41. The second-order valence-corrected chi connectivity index (χ2v) is 28.9. The number of nitrogens with one attached hydrogen (secondary N) is 1. The third-order valence-electron chi connectivity index (χ3n) is 19.9. The zero-order valence-corrected chi connectivity index (χ0v) is 61.2. The molecule has 1 fully saturated rings. The van der Waals surface area contributed by atoms with Crippen LogP contribution in [0, 0.1) is 0 Å². The lowest BCUT2D eigenvalue weighted by molar-refractivity contribution is -0.305. The van der Waals surface area contributed by atoms with E-state index in [-0.39, 0.29) is 13.0 Å². The number of rotatable bonds is 73. The second-order valence-electron chi connectivity index (χ2n) is 28.9. The van der Waals surface area contributed by atoms with E-state index in [1.165, 1.54) is 327 Å². The molecule has 0 aromatic heterocycles. The number of aliphatic hydroxyl groups excluding tert-OH is 5. The van der Waals surface area contributed by atoms with Crippen molar-refractivity contribution >= 4 is 11.9 Å². The van der Waals surface area contributed by atoms with Gasteiger partial charge in [0, 0.05) is 6.42 Å². The van der Waals surface area contributed by atoms with E-state index in [1.54, 1.807) is 6.08 Å². The van der Waals surface area contributed by atoms with Crippen LogP contribution in [-0.4, -0.2) is 99.6 Å². The third kappa shape index (κ3) is 55.4. The summed E-state index contributed by atoms with van der Waals surface area (Å²) in [6, 6.07) is -1.02. The number of hydrogen-bond donors (Lipinski definition) is 6. The van der Waals surface area contributed by atoms with Crippen molar-refractivity contribution in [3.63, 3.8) is 0 Å². The summed E-state index contributed by atoms with van der Waals surface area (Å²) >= 11 is 0. The molecule has 0 aromatic carbocycles. The molecule has 92 heavy (non-hydrogen) atoms. The molecule has 8 unspecified atom stereocenters. The molecule has 546 valence electrons. The van der Waals surface area contributed by atoms with Gasteiger partial charge in [0.1, 0.15) is 24.4 Å². The van der Waals surface area contributed by atoms with Gasteiger partial charge in [0.05, 0.1) is 25.4 Å². The van der Waals surface area contributed by atoms with Crippen molar-refractivity contribution in [3.05, 3.63) is 12.2 Å². The molecule has 0 bridgehead atoms. The third-order valence-corrected chi connectivity index (χ3v) is 19.9. The van der Waals surface area contributed by atoms with Gasteiger partial charge in [-0.05, 0) is 25.7 Å². The minimum atomic E-state index is -1.61. The molecule has 0 aromatic rings. The Labute approximate surface area is 569 Å². The summed E-state index contributed by atoms with van der Waals surface area (Å²) in [4.78, 5) is 26.8. The fourth-order valence-electron chi connectivity index (χ4n) is 13.5. The van der Waals surface area contributed by atoms with Crippen LogP contribution in [0.2, 0.25) is 0 Å². The molecule has 0 aliphatic carbocycles. The van der Waals surface area contributed by atoms with Gasteiger partial charge in [-0.3, -0.25) is 9.59 Å². The van der Waals surface area contributed by atoms with Crippen LogP contribution < -0.4 is 5.32 Å². The summed E-state index contributed by atoms with van der Waals surface area (Å²) < 4.78 is 17.8. The molecule has 6 N–H and O–H groups in total. The molecule has 0 radical (unpaired) electrons. The molecule has 8 atom stereocenters. The maximum absolute atomic E-state index is 13.5. The molecule has 1 heterocycles. The summed E-state index contributed by atoms with van der Waals surface area (Å²) in [5.74, 6) is -1.17. The summed E-state index contributed by atoms with van der Waals surface area (Å²) in [6.07, 6.45) is 74.3. The van der Waals surface area contributed by atoms with Crippen LogP contribution in [0.25, 0.3) is 0 Å². The Bertz CT molecular complexity index is 1550. The molecule has 1 saturated heterocycles. The molecular formula is C81H157NO10. The van der Waals surface area contributed by atoms with Crippen molar-refractivity contribution in [2.24, 2.45) is 0 Å². The van der Waals surface area contributed by atoms with Crippen LogP contribution in [0.4, 0.5) is 0 Å². The number of esters is 1. The standard InChI is InChI=1S/C81H157NO10/c1-4-7-10-13-16-19-22-25-27-29-31-33-35-37-38-39-41-43-45-47-49-51-54-57-60-63-66-69-76(86)92-79-78(88)77(87)75(70-83)91-81(79)90-71-72(73(84)67-64-61-58-55-52-24-21-18-15-12-9-6-3)82-80(89)74(85)68-65-62-59-56-53-50-48-46-44-42-40-36-34-32-30-28-26-23-20-17-14-11-8-5-2/h64,67,72-75,77-79,81,83-85,87-88H,4-63,65-66,68-71H2,1-3H3,(H,82,89)/b67-64+. The van der Waals surface area contributed by atoms with Gasteiger partial charge >= 0.3 is 5.97 Å². The Morgan fingerprint density at radius 3 is 1.02 bits per heavy atom. The van der Waals surface area contributed by atoms with Gasteiger partial charge in [0.25, 0.3) is 0 Å². The summed E-state index contributed by atoms with van der Waals surface area (Å²) in [7, 11) is 0. The Morgan fingerprint density at radius 1 is 0.413 bits per heavy atom. The zero-order chi connectivity index (χ0) is 66.7. The van der Waals surface area contributed by atoms with Crippen molar-refractivity contribution in [2.45, 2.75) is 481 Å². The first-order valence-corrected chi connectivity index (χ1v) is 41.0. The van der Waals surface area contributed by atoms with Crippen molar-refractivity contribution in [1.82, 2.24) is 5.32 Å². The average Bonchev–Trinajstić information content (AvgIpc) is 0.831. The number of hydrogen-bond acceptors (Lipinski definition) is 10. The Kier molecular flexibility index (Phi) is 66.6. The van der Waals surface area contributed by atoms with E-state index in [2.05, 4.69) is 26.1 Å². The van der Waals surface area contributed by atoms with Crippen LogP contribution >= 0.6 is 0 Å². The summed E-state index contributed by atoms with van der Waals surface area (Å²) in [5, 5.41) is 57.5. The topological polar surface area (TPSA) is 175 Å². The van der Waals surface area contributed by atoms with Crippen LogP contribution in [0.5, 0.6) is 0 Å². The van der Waals surface area contributed by atoms with Gasteiger partial charge in [0.2, 0.25) is 5.91 Å². The predicted octanol–water partition coefficient (Wildman–Crippen LogP) is 22.1. The molecule has 0 saturated carbocycles. The van der Waals surface area contributed by atoms with Crippen LogP contribution in [0.1, 0.15) is 432 Å². The highest BCUT2D eigenvalue weighted by atomic mass is 16.7. The maximum Gasteiger partial charge on any atom is 0.306 e. The van der Waals surface area contributed by atoms with Gasteiger partial charge in [-0.2, -0.15) is 0 Å². The van der Waals surface area contributed by atoms with Gasteiger partial charge < -0.3 is 45.1 Å². The van der Waals surface area contributed by atoms with Gasteiger partial charge in [-0.15, -0.1) is 0 Å². The maximum atomic E-state index is 13.5. The Balaban J connectivity index is 2.46. The molecule has 1 aliphatic rings. The predicted molar refractivity (Wildman–Crippen MR) is 389 cm³/mol. The lowest BCUT2D eigenvalue weighted by Crippen LogP contribution is -2.61. The molecule has 1 rings (SSSR count). The highest BCUT2D eigenvalue weighted by Crippen LogP contribution is 2.27. The molecule has 1 aliphatic heterocycles. The molecular weight excluding hydrogens is 1150 g/mol. The number of carbonyl (C=O) groups is 2. The fourth-order valence-corrected chi connectivity index (χ4v) is 13.5. The number of allylic oxidation sites excluding steroid dienone is 1. The lowest BCUT2D eigenvalue weighted by atomic mass is 9.99. The molecule has 11 nitrogen and oxygen atoms in total. The highest BCUT2D eigenvalue weighted by molar-refractivity contribution is 5.80. The smallest absolute Gasteiger partial charge is 0.306 e. The van der Waals surface area contributed by atoms with E-state index in [0.717, 1.165) is 57.8 Å².